The van der Waals surface area contributed by atoms with Gasteiger partial charge in [-0.1, -0.05) is 61.3 Å². The van der Waals surface area contributed by atoms with Crippen LogP contribution in [0.4, 0.5) is 5.82 Å². The van der Waals surface area contributed by atoms with Crippen LogP contribution in [-0.4, -0.2) is 30.7 Å². The van der Waals surface area contributed by atoms with Gasteiger partial charge in [0.25, 0.3) is 0 Å². The Kier molecular flexibility index (Phi) is 8.04. The maximum absolute atomic E-state index is 4.30. The van der Waals surface area contributed by atoms with Gasteiger partial charge in [-0.2, -0.15) is 0 Å². The van der Waals surface area contributed by atoms with Crippen LogP contribution < -0.4 is 10.6 Å². The van der Waals surface area contributed by atoms with Gasteiger partial charge in [0.05, 0.1) is 5.04 Å². The summed E-state index contributed by atoms with van der Waals surface area (Å²) in [4.78, 5) is 9.45. The zero-order valence-electron chi connectivity index (χ0n) is 18.5. The Labute approximate surface area is 189 Å². The van der Waals surface area contributed by atoms with Crippen LogP contribution in [-0.2, 0) is 13.0 Å². The molecule has 4 nitrogen and oxygen atoms in total. The molecule has 0 radical (unpaired) electrons. The molecular weight excluding hydrogens is 400 g/mol. The van der Waals surface area contributed by atoms with E-state index in [-0.39, 0.29) is 0 Å². The largest absolute Gasteiger partial charge is 0.373 e. The number of fused-ring (bicyclic) bond motifs is 2. The lowest BCUT2D eigenvalue weighted by Gasteiger charge is -2.16. The molecule has 160 valence electrons. The van der Waals surface area contributed by atoms with Crippen LogP contribution in [0.15, 0.2) is 66.8 Å². The van der Waals surface area contributed by atoms with Crippen LogP contribution >= 0.6 is 11.8 Å². The van der Waals surface area contributed by atoms with Crippen LogP contribution in [0.1, 0.15) is 29.2 Å². The van der Waals surface area contributed by atoms with Crippen LogP contribution in [0.2, 0.25) is 0 Å². The third kappa shape index (κ3) is 6.06. The summed E-state index contributed by atoms with van der Waals surface area (Å²) in [5.74, 6) is 0.870. The molecule has 2 aromatic carbocycles. The maximum atomic E-state index is 4.30. The number of aromatic nitrogens is 1. The zero-order chi connectivity index (χ0) is 22.2. The summed E-state index contributed by atoms with van der Waals surface area (Å²) < 4.78 is 0. The highest BCUT2D eigenvalue weighted by molar-refractivity contribution is 8.21. The summed E-state index contributed by atoms with van der Waals surface area (Å²) in [6.07, 6.45) is 4.93. The van der Waals surface area contributed by atoms with Gasteiger partial charge < -0.3 is 10.6 Å². The van der Waals surface area contributed by atoms with Crippen molar-refractivity contribution in [2.45, 2.75) is 19.9 Å². The summed E-state index contributed by atoms with van der Waals surface area (Å²) in [6, 6.07) is 14.9. The van der Waals surface area contributed by atoms with Crippen molar-refractivity contribution in [1.82, 2.24) is 10.3 Å². The second kappa shape index (κ2) is 10.9. The first kappa shape index (κ1) is 22.8. The van der Waals surface area contributed by atoms with Crippen LogP contribution in [0.3, 0.4) is 0 Å². The van der Waals surface area contributed by atoms with Crippen molar-refractivity contribution in [3.63, 3.8) is 0 Å². The number of hydrogen-bond donors (Lipinski definition) is 2. The Balaban J connectivity index is 0.000000194. The highest BCUT2D eigenvalue weighted by atomic mass is 32.2. The second-order valence-corrected chi connectivity index (χ2v) is 8.60. The molecule has 1 aliphatic rings. The van der Waals surface area contributed by atoms with Crippen molar-refractivity contribution in [2.24, 2.45) is 4.99 Å². The third-order valence-corrected chi connectivity index (χ3v) is 6.20. The van der Waals surface area contributed by atoms with Gasteiger partial charge in [-0.3, -0.25) is 4.99 Å². The van der Waals surface area contributed by atoms with Crippen molar-refractivity contribution in [2.75, 3.05) is 26.0 Å². The highest BCUT2D eigenvalue weighted by Gasteiger charge is 2.07. The minimum Gasteiger partial charge on any atom is -0.373 e. The Morgan fingerprint density at radius 3 is 2.74 bits per heavy atom. The van der Waals surface area contributed by atoms with E-state index in [9.17, 15) is 0 Å². The molecular formula is C26H30N4S. The molecule has 4 rings (SSSR count). The fraction of sp³-hybridized carbons (Fsp3) is 0.231. The monoisotopic (exact) mass is 430 g/mol. The second-order valence-electron chi connectivity index (χ2n) is 7.31. The molecule has 0 aliphatic carbocycles. The van der Waals surface area contributed by atoms with E-state index >= 15 is 0 Å². The Bertz CT molecular complexity index is 1120. The Morgan fingerprint density at radius 2 is 2.00 bits per heavy atom. The third-order valence-electron chi connectivity index (χ3n) is 5.24. The number of rotatable bonds is 4. The standard InChI is InChI=1S/C15H17N3S.C11H13N/c1-10(19-11(2)16-3)12-5-6-13-9-18-15(17-4)8-14(13)7-12;1-2-9-3-4-10-5-6-12-8-11(10)7-9/h5-9H,1H2,2-4H3,(H,17,18);2-4,7,12H,1,5-6,8H2. The summed E-state index contributed by atoms with van der Waals surface area (Å²) in [7, 11) is 3.66. The maximum Gasteiger partial charge on any atom is 0.126 e. The van der Waals surface area contributed by atoms with Crippen molar-refractivity contribution in [1.29, 1.82) is 0 Å². The predicted molar refractivity (Wildman–Crippen MR) is 139 cm³/mol. The summed E-state index contributed by atoms with van der Waals surface area (Å²) in [6.45, 7) is 12.0. The number of anilines is 1. The molecule has 0 saturated heterocycles. The molecule has 31 heavy (non-hydrogen) atoms. The van der Waals surface area contributed by atoms with Gasteiger partial charge in [0.2, 0.25) is 0 Å². The number of benzene rings is 2. The normalized spacial score (nSPS) is 13.1. The number of thioether (sulfide) groups is 1. The summed E-state index contributed by atoms with van der Waals surface area (Å²) in [5, 5.41) is 9.70. The van der Waals surface area contributed by atoms with Crippen LogP contribution in [0.5, 0.6) is 0 Å². The molecule has 0 unspecified atom stereocenters. The number of pyridine rings is 1. The van der Waals surface area contributed by atoms with Crippen LogP contribution in [0.25, 0.3) is 21.8 Å². The first-order valence-electron chi connectivity index (χ1n) is 10.4. The fourth-order valence-corrected chi connectivity index (χ4v) is 4.05. The lowest BCUT2D eigenvalue weighted by molar-refractivity contribution is 0.643. The van der Waals surface area contributed by atoms with E-state index < -0.39 is 0 Å². The van der Waals surface area contributed by atoms with E-state index in [4.69, 9.17) is 0 Å². The quantitative estimate of drug-likeness (QED) is 0.393. The van der Waals surface area contributed by atoms with E-state index in [0.717, 1.165) is 51.6 Å². The van der Waals surface area contributed by atoms with Gasteiger partial charge in [-0.25, -0.2) is 4.98 Å². The molecule has 5 heteroatoms. The van der Waals surface area contributed by atoms with Crippen LogP contribution in [0, 0.1) is 0 Å². The molecule has 1 aliphatic heterocycles. The highest BCUT2D eigenvalue weighted by Crippen LogP contribution is 2.29. The van der Waals surface area contributed by atoms with Gasteiger partial charge in [-0.15, -0.1) is 0 Å². The van der Waals surface area contributed by atoms with E-state index in [1.54, 1.807) is 18.8 Å². The summed E-state index contributed by atoms with van der Waals surface area (Å²) in [5.41, 5.74) is 5.25. The molecule has 0 saturated carbocycles. The molecule has 0 fully saturated rings. The average Bonchev–Trinajstić information content (AvgIpc) is 2.83. The van der Waals surface area contributed by atoms with Gasteiger partial charge in [-0.05, 0) is 59.7 Å². The minimum absolute atomic E-state index is 0.870. The molecule has 0 bridgehead atoms. The van der Waals surface area contributed by atoms with Crippen molar-refractivity contribution >= 4 is 44.4 Å². The van der Waals surface area contributed by atoms with E-state index in [2.05, 4.69) is 70.2 Å². The Morgan fingerprint density at radius 1 is 1.16 bits per heavy atom. The fourth-order valence-electron chi connectivity index (χ4n) is 3.36. The average molecular weight is 431 g/mol. The molecule has 2 N–H and O–H groups in total. The predicted octanol–water partition coefficient (Wildman–Crippen LogP) is 6.00. The lowest BCUT2D eigenvalue weighted by Crippen LogP contribution is -2.23. The molecule has 0 spiro atoms. The van der Waals surface area contributed by atoms with E-state index in [0.29, 0.717) is 0 Å². The van der Waals surface area contributed by atoms with E-state index in [1.807, 2.05) is 32.3 Å². The first-order valence-corrected chi connectivity index (χ1v) is 11.2. The Hall–Kier alpha value is -2.89. The van der Waals surface area contributed by atoms with Crippen molar-refractivity contribution in [3.8, 4) is 0 Å². The molecule has 3 aromatic rings. The molecule has 2 heterocycles. The minimum atomic E-state index is 0.870. The van der Waals surface area contributed by atoms with Gasteiger partial charge in [0.15, 0.2) is 0 Å². The number of hydrogen-bond acceptors (Lipinski definition) is 5. The molecule has 1 aromatic heterocycles. The topological polar surface area (TPSA) is 49.3 Å². The SMILES string of the molecule is C=C(SC(C)=NC)c1ccc2cnc(NC)cc2c1.C=Cc1ccc2c(c1)CNCC2. The van der Waals surface area contributed by atoms with Gasteiger partial charge in [0, 0.05) is 37.1 Å². The molecule has 0 atom stereocenters. The van der Waals surface area contributed by atoms with Crippen molar-refractivity contribution in [3.05, 3.63) is 84.1 Å². The first-order chi connectivity index (χ1) is 15.0. The molecule has 0 amide bonds. The van der Waals surface area contributed by atoms with E-state index in [1.165, 1.54) is 16.7 Å². The zero-order valence-corrected chi connectivity index (χ0v) is 19.4. The van der Waals surface area contributed by atoms with Gasteiger partial charge in [0.1, 0.15) is 5.82 Å². The smallest absolute Gasteiger partial charge is 0.126 e. The lowest BCUT2D eigenvalue weighted by atomic mass is 9.99. The number of nitrogens with zero attached hydrogens (tertiary/aromatic N) is 2. The van der Waals surface area contributed by atoms with Gasteiger partial charge >= 0.3 is 0 Å². The number of nitrogens with one attached hydrogen (secondary N) is 2. The number of aliphatic imine (C=N–C) groups is 1. The van der Waals surface area contributed by atoms with Crippen molar-refractivity contribution < 1.29 is 0 Å². The summed E-state index contributed by atoms with van der Waals surface area (Å²) >= 11 is 1.60.